The van der Waals surface area contributed by atoms with Gasteiger partial charge in [0.2, 0.25) is 0 Å². The lowest BCUT2D eigenvalue weighted by atomic mass is 10.1. The Balaban J connectivity index is 1.49. The Kier molecular flexibility index (Phi) is 5.39. The zero-order valence-electron chi connectivity index (χ0n) is 15.0. The zero-order valence-corrected chi connectivity index (χ0v) is 17.3. The van der Waals surface area contributed by atoms with Crippen molar-refractivity contribution in [3.05, 3.63) is 85.7 Å². The highest BCUT2D eigenvalue weighted by Gasteiger charge is 2.19. The Morgan fingerprint density at radius 1 is 1.17 bits per heavy atom. The molecule has 4 rings (SSSR count). The standard InChI is InChI=1S/C20H11BrClN3O5/c21-19-14(22)7-12(8-15(19)25(27)28)17-6-5-13(29-17)10-23-24-20(26)18-9-11-3-1-2-4-16(11)30-18/h1-10H,(H,24,26)/b23-10+. The molecule has 0 aliphatic rings. The summed E-state index contributed by atoms with van der Waals surface area (Å²) in [6, 6.07) is 15.0. The molecule has 150 valence electrons. The fourth-order valence-electron chi connectivity index (χ4n) is 2.73. The van der Waals surface area contributed by atoms with Gasteiger partial charge in [0.15, 0.2) is 5.76 Å². The zero-order chi connectivity index (χ0) is 21.3. The number of amides is 1. The topological polar surface area (TPSA) is 111 Å². The average Bonchev–Trinajstić information content (AvgIpc) is 3.36. The van der Waals surface area contributed by atoms with Crippen molar-refractivity contribution in [3.63, 3.8) is 0 Å². The van der Waals surface area contributed by atoms with Gasteiger partial charge in [-0.15, -0.1) is 0 Å². The number of hydrogen-bond donors (Lipinski definition) is 1. The number of furan rings is 2. The van der Waals surface area contributed by atoms with Gasteiger partial charge in [0.25, 0.3) is 5.69 Å². The second kappa shape index (κ2) is 8.13. The highest BCUT2D eigenvalue weighted by molar-refractivity contribution is 9.10. The second-order valence-electron chi connectivity index (χ2n) is 6.10. The van der Waals surface area contributed by atoms with Gasteiger partial charge in [-0.1, -0.05) is 29.8 Å². The quantitative estimate of drug-likeness (QED) is 0.217. The van der Waals surface area contributed by atoms with Crippen LogP contribution in [-0.4, -0.2) is 17.0 Å². The van der Waals surface area contributed by atoms with Gasteiger partial charge in [0, 0.05) is 17.0 Å². The second-order valence-corrected chi connectivity index (χ2v) is 7.30. The maximum atomic E-state index is 12.2. The molecule has 0 aliphatic carbocycles. The van der Waals surface area contributed by atoms with E-state index in [0.717, 1.165) is 5.39 Å². The van der Waals surface area contributed by atoms with Gasteiger partial charge >= 0.3 is 5.91 Å². The third-order valence-electron chi connectivity index (χ3n) is 4.12. The number of nitro benzene ring substituents is 1. The van der Waals surface area contributed by atoms with Gasteiger partial charge in [-0.25, -0.2) is 5.43 Å². The number of carbonyl (C=O) groups excluding carboxylic acids is 1. The number of para-hydroxylation sites is 1. The predicted octanol–water partition coefficient (Wildman–Crippen LogP) is 5.78. The van der Waals surface area contributed by atoms with Crippen LogP contribution in [0.15, 0.2) is 73.0 Å². The molecule has 30 heavy (non-hydrogen) atoms. The van der Waals surface area contributed by atoms with Crippen LogP contribution in [0.3, 0.4) is 0 Å². The van der Waals surface area contributed by atoms with E-state index in [4.69, 9.17) is 20.4 Å². The molecule has 0 aliphatic heterocycles. The molecule has 0 saturated carbocycles. The molecule has 4 aromatic rings. The molecule has 1 N–H and O–H groups in total. The summed E-state index contributed by atoms with van der Waals surface area (Å²) in [5, 5.41) is 16.0. The number of halogens is 2. The number of carbonyl (C=O) groups is 1. The van der Waals surface area contributed by atoms with Crippen molar-refractivity contribution >= 4 is 56.3 Å². The van der Waals surface area contributed by atoms with Crippen molar-refractivity contribution in [2.45, 2.75) is 0 Å². The van der Waals surface area contributed by atoms with E-state index in [2.05, 4.69) is 26.5 Å². The van der Waals surface area contributed by atoms with Gasteiger partial charge in [-0.3, -0.25) is 14.9 Å². The Bertz CT molecular complexity index is 1280. The minimum atomic E-state index is -0.543. The van der Waals surface area contributed by atoms with Gasteiger partial charge in [0.1, 0.15) is 21.6 Å². The third-order valence-corrected chi connectivity index (χ3v) is 5.48. The number of hydrogen-bond acceptors (Lipinski definition) is 6. The van der Waals surface area contributed by atoms with E-state index in [0.29, 0.717) is 22.7 Å². The van der Waals surface area contributed by atoms with Crippen LogP contribution in [0, 0.1) is 10.1 Å². The molecule has 2 aromatic heterocycles. The predicted molar refractivity (Wildman–Crippen MR) is 115 cm³/mol. The summed E-state index contributed by atoms with van der Waals surface area (Å²) in [6.07, 6.45) is 1.30. The minimum absolute atomic E-state index is 0.130. The number of nitrogens with one attached hydrogen (secondary N) is 1. The van der Waals surface area contributed by atoms with Crippen molar-refractivity contribution in [1.82, 2.24) is 5.43 Å². The van der Waals surface area contributed by atoms with Crippen LogP contribution in [0.2, 0.25) is 5.02 Å². The molecule has 0 saturated heterocycles. The lowest BCUT2D eigenvalue weighted by molar-refractivity contribution is -0.385. The molecule has 2 heterocycles. The van der Waals surface area contributed by atoms with E-state index in [1.54, 1.807) is 30.3 Å². The summed E-state index contributed by atoms with van der Waals surface area (Å²) < 4.78 is 11.3. The normalized spacial score (nSPS) is 11.3. The molecule has 8 nitrogen and oxygen atoms in total. The van der Waals surface area contributed by atoms with E-state index in [9.17, 15) is 14.9 Å². The first-order valence-corrected chi connectivity index (χ1v) is 9.65. The van der Waals surface area contributed by atoms with Crippen LogP contribution < -0.4 is 5.43 Å². The van der Waals surface area contributed by atoms with Gasteiger partial charge in [0.05, 0.1) is 16.2 Å². The monoisotopic (exact) mass is 487 g/mol. The molecule has 0 spiro atoms. The maximum Gasteiger partial charge on any atom is 0.307 e. The summed E-state index contributed by atoms with van der Waals surface area (Å²) >= 11 is 9.15. The maximum absolute atomic E-state index is 12.2. The number of hydrazone groups is 1. The smallest absolute Gasteiger partial charge is 0.307 e. The Labute approximate surface area is 182 Å². The molecule has 2 aromatic carbocycles. The number of fused-ring (bicyclic) bond motifs is 1. The van der Waals surface area contributed by atoms with Crippen LogP contribution in [0.25, 0.3) is 22.3 Å². The molecule has 0 bridgehead atoms. The van der Waals surface area contributed by atoms with Gasteiger partial charge in [-0.2, -0.15) is 5.10 Å². The van der Waals surface area contributed by atoms with Gasteiger partial charge < -0.3 is 8.83 Å². The van der Waals surface area contributed by atoms with E-state index in [1.165, 1.54) is 12.3 Å². The fraction of sp³-hybridized carbons (Fsp3) is 0. The molecule has 0 atom stereocenters. The molecule has 0 unspecified atom stereocenters. The van der Waals surface area contributed by atoms with E-state index in [-0.39, 0.29) is 20.9 Å². The van der Waals surface area contributed by atoms with Gasteiger partial charge in [-0.05, 0) is 46.3 Å². The summed E-state index contributed by atoms with van der Waals surface area (Å²) in [4.78, 5) is 22.8. The van der Waals surface area contributed by atoms with Crippen molar-refractivity contribution in [3.8, 4) is 11.3 Å². The Morgan fingerprint density at radius 2 is 1.97 bits per heavy atom. The minimum Gasteiger partial charge on any atom is -0.455 e. The molecule has 10 heteroatoms. The van der Waals surface area contributed by atoms with Crippen LogP contribution in [0.5, 0.6) is 0 Å². The Morgan fingerprint density at radius 3 is 2.73 bits per heavy atom. The molecular formula is C20H11BrClN3O5. The van der Waals surface area contributed by atoms with Crippen LogP contribution >= 0.6 is 27.5 Å². The lowest BCUT2D eigenvalue weighted by Gasteiger charge is -2.02. The van der Waals surface area contributed by atoms with Crippen molar-refractivity contribution in [2.75, 3.05) is 0 Å². The number of benzene rings is 2. The van der Waals surface area contributed by atoms with Crippen LogP contribution in [0.1, 0.15) is 16.3 Å². The lowest BCUT2D eigenvalue weighted by Crippen LogP contribution is -2.16. The van der Waals surface area contributed by atoms with E-state index in [1.807, 2.05) is 18.2 Å². The first-order chi connectivity index (χ1) is 14.4. The summed E-state index contributed by atoms with van der Waals surface area (Å²) in [7, 11) is 0. The SMILES string of the molecule is O=C(N/N=C/c1ccc(-c2cc(Cl)c(Br)c([N+](=O)[O-])c2)o1)c1cc2ccccc2o1. The van der Waals surface area contributed by atoms with Crippen LogP contribution in [0.4, 0.5) is 5.69 Å². The highest BCUT2D eigenvalue weighted by atomic mass is 79.9. The van der Waals surface area contributed by atoms with Crippen molar-refractivity contribution in [2.24, 2.45) is 5.10 Å². The molecule has 0 fully saturated rings. The summed E-state index contributed by atoms with van der Waals surface area (Å²) in [5.74, 6) is 0.309. The third kappa shape index (κ3) is 3.98. The first kappa shape index (κ1) is 19.9. The van der Waals surface area contributed by atoms with Crippen molar-refractivity contribution < 1.29 is 18.6 Å². The largest absolute Gasteiger partial charge is 0.455 e. The molecule has 0 radical (unpaired) electrons. The Hall–Kier alpha value is -3.43. The summed E-state index contributed by atoms with van der Waals surface area (Å²) in [6.45, 7) is 0. The fourth-order valence-corrected chi connectivity index (χ4v) is 3.32. The summed E-state index contributed by atoms with van der Waals surface area (Å²) in [5.41, 5.74) is 3.21. The van der Waals surface area contributed by atoms with E-state index >= 15 is 0 Å². The number of nitro groups is 1. The highest BCUT2D eigenvalue weighted by Crippen LogP contribution is 2.37. The number of rotatable bonds is 5. The average molecular weight is 489 g/mol. The molecule has 1 amide bonds. The van der Waals surface area contributed by atoms with Crippen LogP contribution in [-0.2, 0) is 0 Å². The first-order valence-electron chi connectivity index (χ1n) is 8.48. The van der Waals surface area contributed by atoms with E-state index < -0.39 is 10.8 Å². The van der Waals surface area contributed by atoms with Crippen molar-refractivity contribution in [1.29, 1.82) is 0 Å². The molecular weight excluding hydrogens is 478 g/mol. The number of nitrogens with zero attached hydrogens (tertiary/aromatic N) is 2.